The molecule has 2 aromatic rings. The van der Waals surface area contributed by atoms with Gasteiger partial charge in [0, 0.05) is 16.3 Å². The summed E-state index contributed by atoms with van der Waals surface area (Å²) in [5.41, 5.74) is 0. The minimum atomic E-state index is 0.0118. The Balaban J connectivity index is 1.56. The number of rotatable bonds is 8. The molecule has 2 aromatic carbocycles. The predicted molar refractivity (Wildman–Crippen MR) is 95.3 cm³/mol. The number of phenols is 2. The van der Waals surface area contributed by atoms with E-state index in [0.29, 0.717) is 12.3 Å². The first-order chi connectivity index (χ1) is 11.1. The standard InChI is InChI=1S/C17H19NO3S2/c19-13-2-6-15(7-3-13)22-11-1-10-18-17(21)12-23-16-8-4-14(20)5-9-16/h2-9,19-20H,1,10-12H2,(H,18,21). The second kappa shape index (κ2) is 9.37. The normalized spacial score (nSPS) is 10.4. The first kappa shape index (κ1) is 17.6. The van der Waals surface area contributed by atoms with Gasteiger partial charge >= 0.3 is 0 Å². The number of benzene rings is 2. The van der Waals surface area contributed by atoms with E-state index in [1.807, 2.05) is 12.1 Å². The van der Waals surface area contributed by atoms with Crippen LogP contribution < -0.4 is 5.32 Å². The van der Waals surface area contributed by atoms with Crippen LogP contribution in [0.2, 0.25) is 0 Å². The molecule has 0 atom stereocenters. The van der Waals surface area contributed by atoms with Gasteiger partial charge in [0.2, 0.25) is 5.91 Å². The van der Waals surface area contributed by atoms with Crippen LogP contribution in [0, 0.1) is 0 Å². The molecule has 1 amide bonds. The molecule has 0 radical (unpaired) electrons. The minimum Gasteiger partial charge on any atom is -0.508 e. The van der Waals surface area contributed by atoms with Crippen LogP contribution in [0.1, 0.15) is 6.42 Å². The summed E-state index contributed by atoms with van der Waals surface area (Å²) < 4.78 is 0. The molecule has 0 spiro atoms. The molecule has 6 heteroatoms. The number of aromatic hydroxyl groups is 2. The van der Waals surface area contributed by atoms with Gasteiger partial charge in [-0.1, -0.05) is 0 Å². The van der Waals surface area contributed by atoms with Crippen molar-refractivity contribution in [1.82, 2.24) is 5.32 Å². The monoisotopic (exact) mass is 349 g/mol. The maximum Gasteiger partial charge on any atom is 0.230 e. The van der Waals surface area contributed by atoms with Crippen molar-refractivity contribution in [2.24, 2.45) is 0 Å². The minimum absolute atomic E-state index is 0.0118. The molecule has 0 bridgehead atoms. The van der Waals surface area contributed by atoms with Crippen molar-refractivity contribution in [2.45, 2.75) is 16.2 Å². The van der Waals surface area contributed by atoms with Gasteiger partial charge < -0.3 is 15.5 Å². The fraction of sp³-hybridized carbons (Fsp3) is 0.235. The average Bonchev–Trinajstić information content (AvgIpc) is 2.56. The number of carbonyl (C=O) groups is 1. The van der Waals surface area contributed by atoms with E-state index >= 15 is 0 Å². The molecule has 2 rings (SSSR count). The topological polar surface area (TPSA) is 69.6 Å². The highest BCUT2D eigenvalue weighted by molar-refractivity contribution is 8.00. The maximum atomic E-state index is 11.7. The molecule has 0 aliphatic rings. The maximum absolute atomic E-state index is 11.7. The van der Waals surface area contributed by atoms with Crippen LogP contribution in [0.25, 0.3) is 0 Å². The van der Waals surface area contributed by atoms with Gasteiger partial charge in [-0.15, -0.1) is 23.5 Å². The summed E-state index contributed by atoms with van der Waals surface area (Å²) in [4.78, 5) is 13.8. The third-order valence-corrected chi connectivity index (χ3v) is 5.07. The largest absolute Gasteiger partial charge is 0.508 e. The summed E-state index contributed by atoms with van der Waals surface area (Å²) in [5.74, 6) is 1.79. The van der Waals surface area contributed by atoms with Crippen LogP contribution in [0.15, 0.2) is 58.3 Å². The van der Waals surface area contributed by atoms with Gasteiger partial charge in [0.15, 0.2) is 0 Å². The Kier molecular flexibility index (Phi) is 7.16. The number of carbonyl (C=O) groups excluding carboxylic acids is 1. The van der Waals surface area contributed by atoms with E-state index in [1.54, 1.807) is 48.2 Å². The van der Waals surface area contributed by atoms with E-state index in [9.17, 15) is 15.0 Å². The fourth-order valence-corrected chi connectivity index (χ4v) is 3.36. The predicted octanol–water partition coefficient (Wildman–Crippen LogP) is 3.49. The van der Waals surface area contributed by atoms with E-state index in [1.165, 1.54) is 11.8 Å². The number of amides is 1. The van der Waals surface area contributed by atoms with Crippen LogP contribution in [0.3, 0.4) is 0 Å². The van der Waals surface area contributed by atoms with Crippen molar-refractivity contribution in [1.29, 1.82) is 0 Å². The molecule has 0 heterocycles. The second-order valence-corrected chi connectivity index (χ2v) is 7.05. The van der Waals surface area contributed by atoms with Gasteiger partial charge in [0.25, 0.3) is 0 Å². The first-order valence-corrected chi connectivity index (χ1v) is 9.21. The summed E-state index contributed by atoms with van der Waals surface area (Å²) >= 11 is 3.15. The Hall–Kier alpha value is -1.79. The molecular formula is C17H19NO3S2. The average molecular weight is 349 g/mol. The Labute approximate surface area is 144 Å². The zero-order chi connectivity index (χ0) is 16.5. The third-order valence-electron chi connectivity index (χ3n) is 2.96. The van der Waals surface area contributed by atoms with Crippen LogP contribution in [-0.2, 0) is 4.79 Å². The summed E-state index contributed by atoms with van der Waals surface area (Å²) in [6, 6.07) is 13.9. The van der Waals surface area contributed by atoms with Gasteiger partial charge in [-0.2, -0.15) is 0 Å². The lowest BCUT2D eigenvalue weighted by Gasteiger charge is -2.06. The second-order valence-electron chi connectivity index (χ2n) is 4.83. The molecule has 122 valence electrons. The van der Waals surface area contributed by atoms with Gasteiger partial charge in [0.05, 0.1) is 5.75 Å². The van der Waals surface area contributed by atoms with E-state index in [0.717, 1.165) is 22.0 Å². The first-order valence-electron chi connectivity index (χ1n) is 7.24. The van der Waals surface area contributed by atoms with Crippen molar-refractivity contribution < 1.29 is 15.0 Å². The Morgan fingerprint density at radius 2 is 1.39 bits per heavy atom. The SMILES string of the molecule is O=C(CSc1ccc(O)cc1)NCCCSc1ccc(O)cc1. The lowest BCUT2D eigenvalue weighted by Crippen LogP contribution is -2.26. The van der Waals surface area contributed by atoms with Crippen molar-refractivity contribution in [3.63, 3.8) is 0 Å². The molecule has 0 aliphatic carbocycles. The van der Waals surface area contributed by atoms with Gasteiger partial charge in [-0.05, 0) is 60.7 Å². The Bertz CT molecular complexity index is 615. The van der Waals surface area contributed by atoms with Crippen LogP contribution in [0.4, 0.5) is 0 Å². The zero-order valence-corrected chi connectivity index (χ0v) is 14.2. The molecule has 0 aliphatic heterocycles. The van der Waals surface area contributed by atoms with Crippen LogP contribution in [0.5, 0.6) is 11.5 Å². The van der Waals surface area contributed by atoms with Crippen molar-refractivity contribution in [2.75, 3.05) is 18.1 Å². The van der Waals surface area contributed by atoms with E-state index in [4.69, 9.17) is 0 Å². The van der Waals surface area contributed by atoms with Crippen molar-refractivity contribution >= 4 is 29.4 Å². The number of thioether (sulfide) groups is 2. The molecule has 0 saturated heterocycles. The highest BCUT2D eigenvalue weighted by Crippen LogP contribution is 2.21. The number of phenolic OH excluding ortho intramolecular Hbond substituents is 2. The van der Waals surface area contributed by atoms with E-state index in [-0.39, 0.29) is 17.4 Å². The highest BCUT2D eigenvalue weighted by atomic mass is 32.2. The quantitative estimate of drug-likeness (QED) is 0.503. The van der Waals surface area contributed by atoms with E-state index in [2.05, 4.69) is 5.32 Å². The van der Waals surface area contributed by atoms with Crippen molar-refractivity contribution in [3.05, 3.63) is 48.5 Å². The molecular weight excluding hydrogens is 330 g/mol. The summed E-state index contributed by atoms with van der Waals surface area (Å²) in [5, 5.41) is 21.3. The molecule has 3 N–H and O–H groups in total. The summed E-state index contributed by atoms with van der Waals surface area (Å²) in [6.45, 7) is 0.653. The third kappa shape index (κ3) is 6.88. The molecule has 0 saturated carbocycles. The molecule has 0 unspecified atom stereocenters. The Morgan fingerprint density at radius 1 is 0.870 bits per heavy atom. The number of hydrogen-bond acceptors (Lipinski definition) is 5. The Morgan fingerprint density at radius 3 is 1.96 bits per heavy atom. The molecule has 4 nitrogen and oxygen atoms in total. The highest BCUT2D eigenvalue weighted by Gasteiger charge is 2.02. The molecule has 23 heavy (non-hydrogen) atoms. The van der Waals surface area contributed by atoms with Gasteiger partial charge in [0.1, 0.15) is 11.5 Å². The van der Waals surface area contributed by atoms with E-state index < -0.39 is 0 Å². The lowest BCUT2D eigenvalue weighted by molar-refractivity contribution is -0.118. The number of hydrogen-bond donors (Lipinski definition) is 3. The van der Waals surface area contributed by atoms with Crippen molar-refractivity contribution in [3.8, 4) is 11.5 Å². The zero-order valence-electron chi connectivity index (χ0n) is 12.6. The number of nitrogens with one attached hydrogen (secondary N) is 1. The fourth-order valence-electron chi connectivity index (χ4n) is 1.77. The smallest absolute Gasteiger partial charge is 0.230 e. The van der Waals surface area contributed by atoms with Gasteiger partial charge in [-0.25, -0.2) is 0 Å². The van der Waals surface area contributed by atoms with Gasteiger partial charge in [-0.3, -0.25) is 4.79 Å². The van der Waals surface area contributed by atoms with Crippen LogP contribution in [-0.4, -0.2) is 34.2 Å². The molecule has 0 aromatic heterocycles. The lowest BCUT2D eigenvalue weighted by atomic mass is 10.3. The summed E-state index contributed by atoms with van der Waals surface area (Å²) in [7, 11) is 0. The van der Waals surface area contributed by atoms with Crippen LogP contribution >= 0.6 is 23.5 Å². The summed E-state index contributed by atoms with van der Waals surface area (Å²) in [6.07, 6.45) is 0.890. The molecule has 0 fully saturated rings.